The number of ether oxygens (including phenoxy) is 4. The lowest BCUT2D eigenvalue weighted by Crippen LogP contribution is -2.45. The zero-order valence-electron chi connectivity index (χ0n) is 16.3. The average Bonchev–Trinajstić information content (AvgIpc) is 2.71. The van der Waals surface area contributed by atoms with Gasteiger partial charge in [0.2, 0.25) is 11.8 Å². The zero-order valence-corrected chi connectivity index (χ0v) is 16.3. The Morgan fingerprint density at radius 1 is 1.07 bits per heavy atom. The maximum atomic E-state index is 12.7. The Hall–Kier alpha value is -3.43. The van der Waals surface area contributed by atoms with Crippen molar-refractivity contribution < 1.29 is 28.5 Å². The molecule has 0 aromatic carbocycles. The molecule has 1 atom stereocenters. The maximum Gasteiger partial charge on any atom is 0.328 e. The van der Waals surface area contributed by atoms with Gasteiger partial charge in [0.15, 0.2) is 11.4 Å². The number of amides is 1. The van der Waals surface area contributed by atoms with Gasteiger partial charge >= 0.3 is 12.0 Å². The van der Waals surface area contributed by atoms with Crippen molar-refractivity contribution in [2.75, 3.05) is 21.3 Å². The van der Waals surface area contributed by atoms with Gasteiger partial charge in [-0.05, 0) is 18.1 Å². The third kappa shape index (κ3) is 5.06. The first-order chi connectivity index (χ1) is 13.4. The van der Waals surface area contributed by atoms with Crippen LogP contribution in [0.1, 0.15) is 24.3 Å². The van der Waals surface area contributed by atoms with Crippen LogP contribution in [0.15, 0.2) is 24.4 Å². The molecule has 0 aliphatic heterocycles. The van der Waals surface area contributed by atoms with E-state index in [0.29, 0.717) is 0 Å². The highest BCUT2D eigenvalue weighted by Gasteiger charge is 2.27. The fourth-order valence-corrected chi connectivity index (χ4v) is 2.21. The van der Waals surface area contributed by atoms with E-state index in [-0.39, 0.29) is 35.1 Å². The molecule has 1 amide bonds. The van der Waals surface area contributed by atoms with E-state index < -0.39 is 17.9 Å². The molecule has 150 valence electrons. The maximum absolute atomic E-state index is 12.7. The number of hydrogen-bond donors (Lipinski definition) is 1. The molecule has 2 aromatic heterocycles. The smallest absolute Gasteiger partial charge is 0.328 e. The van der Waals surface area contributed by atoms with E-state index >= 15 is 0 Å². The summed E-state index contributed by atoms with van der Waals surface area (Å²) in [5.74, 6) is -0.792. The first-order valence-corrected chi connectivity index (χ1v) is 8.38. The minimum atomic E-state index is -0.833. The van der Waals surface area contributed by atoms with Gasteiger partial charge in [-0.3, -0.25) is 4.79 Å². The molecule has 10 nitrogen and oxygen atoms in total. The van der Waals surface area contributed by atoms with Crippen molar-refractivity contribution in [3.8, 4) is 23.5 Å². The third-order valence-corrected chi connectivity index (χ3v) is 3.67. The van der Waals surface area contributed by atoms with E-state index in [2.05, 4.69) is 20.3 Å². The van der Waals surface area contributed by atoms with E-state index in [9.17, 15) is 9.59 Å². The Balaban J connectivity index is 2.30. The summed E-state index contributed by atoms with van der Waals surface area (Å²) in [4.78, 5) is 36.8. The molecule has 0 fully saturated rings. The van der Waals surface area contributed by atoms with Crippen LogP contribution in [0.4, 0.5) is 0 Å². The van der Waals surface area contributed by atoms with Gasteiger partial charge in [-0.15, -0.1) is 0 Å². The van der Waals surface area contributed by atoms with Crippen molar-refractivity contribution in [3.05, 3.63) is 30.1 Å². The Labute approximate surface area is 162 Å². The van der Waals surface area contributed by atoms with Crippen LogP contribution >= 0.6 is 0 Å². The predicted molar refractivity (Wildman–Crippen MR) is 97.6 cm³/mol. The first kappa shape index (κ1) is 20.9. The normalized spacial score (nSPS) is 11.5. The fourth-order valence-electron chi connectivity index (χ4n) is 2.21. The van der Waals surface area contributed by atoms with E-state index in [0.717, 1.165) is 0 Å². The fraction of sp³-hybridized carbons (Fsp3) is 0.389. The van der Waals surface area contributed by atoms with Crippen LogP contribution in [0.2, 0.25) is 0 Å². The first-order valence-electron chi connectivity index (χ1n) is 8.38. The molecule has 2 aromatic rings. The molecule has 2 heterocycles. The largest absolute Gasteiger partial charge is 0.481 e. The number of esters is 1. The summed E-state index contributed by atoms with van der Waals surface area (Å²) >= 11 is 0. The highest BCUT2D eigenvalue weighted by atomic mass is 16.5. The van der Waals surface area contributed by atoms with Gasteiger partial charge in [-0.1, -0.05) is 13.8 Å². The summed E-state index contributed by atoms with van der Waals surface area (Å²) in [5, 5.41) is 2.61. The van der Waals surface area contributed by atoms with Crippen molar-refractivity contribution in [1.82, 2.24) is 20.3 Å². The second-order valence-electron chi connectivity index (χ2n) is 5.91. The Bertz CT molecular complexity index is 820. The molecule has 0 saturated heterocycles. The van der Waals surface area contributed by atoms with Crippen LogP contribution in [0.25, 0.3) is 0 Å². The van der Waals surface area contributed by atoms with E-state index in [1.54, 1.807) is 19.9 Å². The minimum Gasteiger partial charge on any atom is -0.481 e. The lowest BCUT2D eigenvalue weighted by molar-refractivity contribution is -0.144. The highest BCUT2D eigenvalue weighted by molar-refractivity contribution is 5.97. The summed E-state index contributed by atoms with van der Waals surface area (Å²) in [5.41, 5.74) is -0.0394. The standard InChI is InChI=1S/C18H22N4O6/c1-10(2)14(17(24)27-5)22-16(23)15-11(7-6-8-19-15)28-18-20-12(25-3)9-13(21-18)26-4/h6-10,14H,1-5H3,(H,22,23). The Kier molecular flexibility index (Phi) is 7.08. The molecule has 0 radical (unpaired) electrons. The number of hydrogen-bond acceptors (Lipinski definition) is 9. The lowest BCUT2D eigenvalue weighted by atomic mass is 10.0. The van der Waals surface area contributed by atoms with Gasteiger partial charge in [0.25, 0.3) is 5.91 Å². The minimum absolute atomic E-state index is 0.0394. The molecule has 1 unspecified atom stereocenters. The number of aromatic nitrogens is 3. The lowest BCUT2D eigenvalue weighted by Gasteiger charge is -2.20. The van der Waals surface area contributed by atoms with Crippen molar-refractivity contribution in [3.63, 3.8) is 0 Å². The van der Waals surface area contributed by atoms with Crippen LogP contribution in [0.3, 0.4) is 0 Å². The Morgan fingerprint density at radius 2 is 1.71 bits per heavy atom. The van der Waals surface area contributed by atoms with E-state index in [1.807, 2.05) is 0 Å². The molecule has 0 aliphatic carbocycles. The molecule has 10 heteroatoms. The van der Waals surface area contributed by atoms with E-state index in [4.69, 9.17) is 18.9 Å². The predicted octanol–water partition coefficient (Wildman–Crippen LogP) is 1.61. The topological polar surface area (TPSA) is 122 Å². The number of carbonyl (C=O) groups is 2. The molecule has 0 bridgehead atoms. The summed E-state index contributed by atoms with van der Waals surface area (Å²) in [6.07, 6.45) is 1.43. The van der Waals surface area contributed by atoms with Crippen molar-refractivity contribution >= 4 is 11.9 Å². The van der Waals surface area contributed by atoms with Crippen LogP contribution in [0, 0.1) is 5.92 Å². The molecule has 28 heavy (non-hydrogen) atoms. The molecule has 0 saturated carbocycles. The van der Waals surface area contributed by atoms with E-state index in [1.165, 1.54) is 39.7 Å². The van der Waals surface area contributed by atoms with Crippen molar-refractivity contribution in [2.24, 2.45) is 5.92 Å². The summed E-state index contributed by atoms with van der Waals surface area (Å²) < 4.78 is 20.5. The second kappa shape index (κ2) is 9.49. The van der Waals surface area contributed by atoms with Crippen molar-refractivity contribution in [1.29, 1.82) is 0 Å². The molecule has 2 rings (SSSR count). The quantitative estimate of drug-likeness (QED) is 0.670. The number of rotatable bonds is 8. The van der Waals surface area contributed by atoms with Crippen LogP contribution in [0.5, 0.6) is 23.5 Å². The SMILES string of the molecule is COC(=O)C(NC(=O)c1ncccc1Oc1nc(OC)cc(OC)n1)C(C)C. The summed E-state index contributed by atoms with van der Waals surface area (Å²) in [7, 11) is 4.13. The molecular weight excluding hydrogens is 368 g/mol. The molecule has 0 aliphatic rings. The number of nitrogens with one attached hydrogen (secondary N) is 1. The van der Waals surface area contributed by atoms with Crippen LogP contribution < -0.4 is 19.5 Å². The monoisotopic (exact) mass is 390 g/mol. The summed E-state index contributed by atoms with van der Waals surface area (Å²) in [6.45, 7) is 3.57. The molecule has 0 spiro atoms. The van der Waals surface area contributed by atoms with Gasteiger partial charge in [0.05, 0.1) is 27.4 Å². The van der Waals surface area contributed by atoms with Crippen LogP contribution in [-0.4, -0.2) is 54.2 Å². The van der Waals surface area contributed by atoms with Gasteiger partial charge in [-0.25, -0.2) is 9.78 Å². The van der Waals surface area contributed by atoms with Gasteiger partial charge in [-0.2, -0.15) is 9.97 Å². The number of methoxy groups -OCH3 is 3. The average molecular weight is 390 g/mol. The third-order valence-electron chi connectivity index (χ3n) is 3.67. The molecular formula is C18H22N4O6. The van der Waals surface area contributed by atoms with Gasteiger partial charge < -0.3 is 24.3 Å². The number of nitrogens with zero attached hydrogens (tertiary/aromatic N) is 3. The second-order valence-corrected chi connectivity index (χ2v) is 5.91. The zero-order chi connectivity index (χ0) is 20.7. The van der Waals surface area contributed by atoms with Gasteiger partial charge in [0, 0.05) is 6.20 Å². The number of carbonyl (C=O) groups excluding carboxylic acids is 2. The van der Waals surface area contributed by atoms with Crippen LogP contribution in [-0.2, 0) is 9.53 Å². The summed E-state index contributed by atoms with van der Waals surface area (Å²) in [6, 6.07) is 3.67. The van der Waals surface area contributed by atoms with Gasteiger partial charge in [0.1, 0.15) is 6.04 Å². The molecule has 1 N–H and O–H groups in total. The Morgan fingerprint density at radius 3 is 2.25 bits per heavy atom. The number of pyridine rings is 1. The highest BCUT2D eigenvalue weighted by Crippen LogP contribution is 2.25. The van der Waals surface area contributed by atoms with Crippen molar-refractivity contribution in [2.45, 2.75) is 19.9 Å².